The van der Waals surface area contributed by atoms with E-state index in [9.17, 15) is 0 Å². The van der Waals surface area contributed by atoms with Gasteiger partial charge in [-0.1, -0.05) is 72.8 Å². The maximum Gasteiger partial charge on any atom is 0.227 e. The number of benzene rings is 3. The molecular weight excluding hydrogens is 490 g/mol. The van der Waals surface area contributed by atoms with Gasteiger partial charge in [-0.05, 0) is 73.4 Å². The molecule has 0 atom stereocenters. The highest BCUT2D eigenvalue weighted by Crippen LogP contribution is 2.37. The summed E-state index contributed by atoms with van der Waals surface area (Å²) in [6.07, 6.45) is 8.28. The minimum absolute atomic E-state index is 0.674. The summed E-state index contributed by atoms with van der Waals surface area (Å²) in [6.45, 7) is 1.99. The van der Waals surface area contributed by atoms with Gasteiger partial charge in [0, 0.05) is 45.4 Å². The van der Waals surface area contributed by atoms with Gasteiger partial charge in [0.15, 0.2) is 0 Å². The fraction of sp³-hybridized carbons (Fsp3) is 0.139. The zero-order valence-electron chi connectivity index (χ0n) is 22.5. The molecule has 0 amide bonds. The van der Waals surface area contributed by atoms with Crippen molar-refractivity contribution >= 4 is 32.8 Å². The van der Waals surface area contributed by atoms with Gasteiger partial charge in [-0.15, -0.1) is 0 Å². The van der Waals surface area contributed by atoms with Crippen molar-refractivity contribution in [3.8, 4) is 22.5 Å². The number of aromatic nitrogens is 3. The predicted molar refractivity (Wildman–Crippen MR) is 163 cm³/mol. The van der Waals surface area contributed by atoms with E-state index >= 15 is 0 Å². The van der Waals surface area contributed by atoms with Crippen molar-refractivity contribution in [3.63, 3.8) is 0 Å². The fourth-order valence-corrected chi connectivity index (χ4v) is 5.62. The molecule has 0 spiro atoms. The number of hydrogen-bond donors (Lipinski definition) is 0. The van der Waals surface area contributed by atoms with Crippen LogP contribution in [0.1, 0.15) is 29.7 Å². The minimum atomic E-state index is 0.674. The molecule has 0 saturated carbocycles. The SMILES string of the molecule is Cc1ccc2c(n1)oc1c(-c3ncc(CCCCc4ccc(-c5ccccc5)nc4)c4ccccc34)cccc12. The molecule has 7 rings (SSSR count). The molecule has 4 heteroatoms. The van der Waals surface area contributed by atoms with Crippen LogP contribution in [0.5, 0.6) is 0 Å². The van der Waals surface area contributed by atoms with Gasteiger partial charge < -0.3 is 4.42 Å². The Hall–Kier alpha value is -4.83. The second kappa shape index (κ2) is 10.4. The van der Waals surface area contributed by atoms with Crippen molar-refractivity contribution in [1.82, 2.24) is 15.0 Å². The molecule has 0 unspecified atom stereocenters. The molecule has 7 aromatic rings. The van der Waals surface area contributed by atoms with Crippen LogP contribution in [0.2, 0.25) is 0 Å². The van der Waals surface area contributed by atoms with Crippen LogP contribution in [0.25, 0.3) is 55.4 Å². The number of para-hydroxylation sites is 1. The molecule has 4 heterocycles. The van der Waals surface area contributed by atoms with Gasteiger partial charge in [0.25, 0.3) is 0 Å². The van der Waals surface area contributed by atoms with Gasteiger partial charge in [-0.3, -0.25) is 9.97 Å². The van der Waals surface area contributed by atoms with Crippen molar-refractivity contribution < 1.29 is 4.42 Å². The third kappa shape index (κ3) is 4.52. The molecule has 0 bridgehead atoms. The molecule has 4 nitrogen and oxygen atoms in total. The fourth-order valence-electron chi connectivity index (χ4n) is 5.62. The molecule has 4 aromatic heterocycles. The van der Waals surface area contributed by atoms with Crippen molar-refractivity contribution in [3.05, 3.63) is 126 Å². The number of fused-ring (bicyclic) bond motifs is 4. The van der Waals surface area contributed by atoms with Crippen LogP contribution in [0, 0.1) is 6.92 Å². The summed E-state index contributed by atoms with van der Waals surface area (Å²) in [7, 11) is 0. The molecule has 0 radical (unpaired) electrons. The summed E-state index contributed by atoms with van der Waals surface area (Å²) in [5, 5.41) is 4.51. The van der Waals surface area contributed by atoms with E-state index < -0.39 is 0 Å². The lowest BCUT2D eigenvalue weighted by Gasteiger charge is -2.11. The number of nitrogens with zero attached hydrogens (tertiary/aromatic N) is 3. The molecule has 0 fully saturated rings. The number of unbranched alkanes of at least 4 members (excludes halogenated alkanes) is 1. The van der Waals surface area contributed by atoms with Gasteiger partial charge in [0.2, 0.25) is 5.71 Å². The number of aryl methyl sites for hydroxylation is 3. The lowest BCUT2D eigenvalue weighted by molar-refractivity contribution is 0.653. The Morgan fingerprint density at radius 2 is 1.43 bits per heavy atom. The summed E-state index contributed by atoms with van der Waals surface area (Å²) in [4.78, 5) is 14.3. The molecule has 0 aliphatic heterocycles. The van der Waals surface area contributed by atoms with E-state index in [1.807, 2.05) is 37.4 Å². The van der Waals surface area contributed by atoms with Gasteiger partial charge in [-0.25, -0.2) is 4.98 Å². The molecule has 0 N–H and O–H groups in total. The van der Waals surface area contributed by atoms with Crippen molar-refractivity contribution in [1.29, 1.82) is 0 Å². The Labute approximate surface area is 233 Å². The second-order valence-corrected chi connectivity index (χ2v) is 10.4. The van der Waals surface area contributed by atoms with E-state index in [1.165, 1.54) is 16.5 Å². The summed E-state index contributed by atoms with van der Waals surface area (Å²) in [5.74, 6) is 0. The summed E-state index contributed by atoms with van der Waals surface area (Å²) < 4.78 is 6.30. The molecular formula is C36H29N3O. The Morgan fingerprint density at radius 3 is 2.27 bits per heavy atom. The molecule has 194 valence electrons. The van der Waals surface area contributed by atoms with E-state index in [4.69, 9.17) is 9.40 Å². The number of rotatable bonds is 7. The van der Waals surface area contributed by atoms with Crippen molar-refractivity contribution in [2.45, 2.75) is 32.6 Å². The van der Waals surface area contributed by atoms with E-state index in [1.54, 1.807) is 0 Å². The van der Waals surface area contributed by atoms with E-state index in [0.29, 0.717) is 5.71 Å². The number of furan rings is 1. The third-order valence-electron chi connectivity index (χ3n) is 7.69. The van der Waals surface area contributed by atoms with Crippen LogP contribution in [0.3, 0.4) is 0 Å². The van der Waals surface area contributed by atoms with Crippen LogP contribution in [0.4, 0.5) is 0 Å². The van der Waals surface area contributed by atoms with Crippen molar-refractivity contribution in [2.24, 2.45) is 0 Å². The first-order valence-corrected chi connectivity index (χ1v) is 13.9. The monoisotopic (exact) mass is 519 g/mol. The molecule has 40 heavy (non-hydrogen) atoms. The zero-order valence-corrected chi connectivity index (χ0v) is 22.5. The van der Waals surface area contributed by atoms with E-state index in [2.05, 4.69) is 89.0 Å². The quantitative estimate of drug-likeness (QED) is 0.197. The third-order valence-corrected chi connectivity index (χ3v) is 7.69. The van der Waals surface area contributed by atoms with Gasteiger partial charge in [0.1, 0.15) is 5.58 Å². The normalized spacial score (nSPS) is 11.5. The molecule has 0 aliphatic carbocycles. The van der Waals surface area contributed by atoms with Crippen LogP contribution in [-0.2, 0) is 12.8 Å². The maximum atomic E-state index is 6.30. The lowest BCUT2D eigenvalue weighted by Crippen LogP contribution is -1.95. The lowest BCUT2D eigenvalue weighted by atomic mass is 9.96. The highest BCUT2D eigenvalue weighted by Gasteiger charge is 2.16. The second-order valence-electron chi connectivity index (χ2n) is 10.4. The largest absolute Gasteiger partial charge is 0.437 e. The molecule has 0 saturated heterocycles. The Morgan fingerprint density at radius 1 is 0.625 bits per heavy atom. The van der Waals surface area contributed by atoms with Crippen LogP contribution in [0.15, 0.2) is 114 Å². The summed E-state index contributed by atoms with van der Waals surface area (Å²) in [5.41, 5.74) is 9.15. The predicted octanol–water partition coefficient (Wildman–Crippen LogP) is 9.13. The van der Waals surface area contributed by atoms with Gasteiger partial charge in [-0.2, -0.15) is 0 Å². The average Bonchev–Trinajstić information content (AvgIpc) is 3.38. The van der Waals surface area contributed by atoms with Crippen LogP contribution in [-0.4, -0.2) is 15.0 Å². The smallest absolute Gasteiger partial charge is 0.227 e. The van der Waals surface area contributed by atoms with E-state index in [-0.39, 0.29) is 0 Å². The first kappa shape index (κ1) is 24.2. The Kier molecular flexibility index (Phi) is 6.29. The first-order chi connectivity index (χ1) is 19.7. The molecule has 3 aromatic carbocycles. The van der Waals surface area contributed by atoms with Crippen LogP contribution >= 0.6 is 0 Å². The van der Waals surface area contributed by atoms with Crippen molar-refractivity contribution in [2.75, 3.05) is 0 Å². The van der Waals surface area contributed by atoms with E-state index in [0.717, 1.165) is 75.6 Å². The minimum Gasteiger partial charge on any atom is -0.437 e. The standard InChI is InChI=1S/C36H29N3O/c1-24-18-20-31-30-16-9-17-32(35(30)40-36(31)39-24)34-29-15-8-7-14-28(29)27(23-38-34)13-6-5-10-25-19-21-33(37-22-25)26-11-3-2-4-12-26/h2-4,7-9,11-12,14-23H,5-6,10,13H2,1H3. The van der Waals surface area contributed by atoms with Crippen LogP contribution < -0.4 is 0 Å². The highest BCUT2D eigenvalue weighted by atomic mass is 16.3. The number of hydrogen-bond acceptors (Lipinski definition) is 4. The summed E-state index contributed by atoms with van der Waals surface area (Å²) in [6, 6.07) is 33.7. The Balaban J connectivity index is 1.12. The Bertz CT molecular complexity index is 1960. The van der Waals surface area contributed by atoms with Gasteiger partial charge in [0.05, 0.1) is 11.4 Å². The maximum absolute atomic E-state index is 6.30. The average molecular weight is 520 g/mol. The summed E-state index contributed by atoms with van der Waals surface area (Å²) >= 11 is 0. The first-order valence-electron chi connectivity index (χ1n) is 13.9. The molecule has 0 aliphatic rings. The highest BCUT2D eigenvalue weighted by molar-refractivity contribution is 6.11. The zero-order chi connectivity index (χ0) is 26.9. The number of pyridine rings is 3. The van der Waals surface area contributed by atoms with Gasteiger partial charge >= 0.3 is 0 Å². The topological polar surface area (TPSA) is 51.8 Å².